The summed E-state index contributed by atoms with van der Waals surface area (Å²) in [6.07, 6.45) is 0. The van der Waals surface area contributed by atoms with Crippen LogP contribution in [0.3, 0.4) is 0 Å². The summed E-state index contributed by atoms with van der Waals surface area (Å²) >= 11 is 0. The Morgan fingerprint density at radius 2 is 1.81 bits per heavy atom. The van der Waals surface area contributed by atoms with E-state index in [0.717, 1.165) is 23.5 Å². The number of rotatable bonds is 5. The molecule has 0 aliphatic rings. The highest BCUT2D eigenvalue weighted by Gasteiger charge is 2.07. The number of benzene rings is 2. The summed E-state index contributed by atoms with van der Waals surface area (Å²) in [5.41, 5.74) is 2.94. The van der Waals surface area contributed by atoms with Crippen molar-refractivity contribution in [1.82, 2.24) is 0 Å². The van der Waals surface area contributed by atoms with E-state index in [9.17, 15) is 0 Å². The van der Waals surface area contributed by atoms with Crippen molar-refractivity contribution in [3.8, 4) is 5.75 Å². The van der Waals surface area contributed by atoms with E-state index in [1.807, 2.05) is 48.5 Å². The number of nitrogens with two attached hydrogens (primary N) is 2. The summed E-state index contributed by atoms with van der Waals surface area (Å²) in [5, 5.41) is 15.8. The third kappa shape index (κ3) is 4.04. The molecule has 0 aliphatic carbocycles. The van der Waals surface area contributed by atoms with Crippen molar-refractivity contribution in [2.75, 3.05) is 12.4 Å². The van der Waals surface area contributed by atoms with Gasteiger partial charge in [-0.25, -0.2) is 0 Å². The zero-order valence-electron chi connectivity index (χ0n) is 11.8. The van der Waals surface area contributed by atoms with Crippen molar-refractivity contribution in [2.45, 2.75) is 6.54 Å². The van der Waals surface area contributed by atoms with Crippen LogP contribution < -0.4 is 21.3 Å². The van der Waals surface area contributed by atoms with E-state index in [1.165, 1.54) is 5.56 Å². The molecule has 0 spiro atoms. The Morgan fingerprint density at radius 3 is 2.38 bits per heavy atom. The van der Waals surface area contributed by atoms with Crippen LogP contribution in [-0.2, 0) is 6.54 Å². The molecule has 0 aliphatic heterocycles. The second kappa shape index (κ2) is 7.04. The van der Waals surface area contributed by atoms with Gasteiger partial charge in [0.1, 0.15) is 5.75 Å². The minimum absolute atomic E-state index is 0.291. The van der Waals surface area contributed by atoms with Crippen LogP contribution in [0.4, 0.5) is 5.69 Å². The number of nitrogens with one attached hydrogen (secondary N) is 1. The topological polar surface area (TPSA) is 97.6 Å². The molecule has 21 heavy (non-hydrogen) atoms. The van der Waals surface area contributed by atoms with Crippen molar-refractivity contribution in [2.24, 2.45) is 16.2 Å². The lowest BCUT2D eigenvalue weighted by molar-refractivity contribution is -0.114. The van der Waals surface area contributed by atoms with Crippen LogP contribution in [0.25, 0.3) is 0 Å². The Hall–Kier alpha value is -2.89. The van der Waals surface area contributed by atoms with Gasteiger partial charge in [-0.2, -0.15) is 0 Å². The first-order valence-electron chi connectivity index (χ1n) is 6.43. The van der Waals surface area contributed by atoms with Gasteiger partial charge in [0.2, 0.25) is 0 Å². The fourth-order valence-electron chi connectivity index (χ4n) is 1.83. The number of hydrogen-bond donors (Lipinski definition) is 3. The zero-order valence-corrected chi connectivity index (χ0v) is 11.8. The normalized spacial score (nSPS) is 10.5. The highest BCUT2D eigenvalue weighted by molar-refractivity contribution is 5.94. The fraction of sp³-hybridized carbons (Fsp3) is 0.133. The van der Waals surface area contributed by atoms with Crippen molar-refractivity contribution >= 4 is 11.5 Å². The average Bonchev–Trinajstić information content (AvgIpc) is 2.54. The molecule has 0 saturated carbocycles. The lowest BCUT2D eigenvalue weighted by atomic mass is 10.1. The van der Waals surface area contributed by atoms with E-state index < -0.39 is 0 Å². The van der Waals surface area contributed by atoms with E-state index in [2.05, 4.69) is 15.7 Å². The van der Waals surface area contributed by atoms with Crippen LogP contribution >= 0.6 is 0 Å². The minimum Gasteiger partial charge on any atom is -0.497 e. The van der Waals surface area contributed by atoms with Crippen LogP contribution in [-0.4, -0.2) is 12.9 Å². The molecule has 0 aromatic heterocycles. The third-order valence-corrected chi connectivity index (χ3v) is 3.00. The van der Waals surface area contributed by atoms with Gasteiger partial charge < -0.3 is 10.1 Å². The molecule has 0 saturated heterocycles. The monoisotopic (exact) mass is 284 g/mol. The Morgan fingerprint density at radius 1 is 1.14 bits per heavy atom. The first-order valence-corrected chi connectivity index (χ1v) is 6.43. The molecule has 0 amide bonds. The van der Waals surface area contributed by atoms with E-state index in [4.69, 9.17) is 16.0 Å². The quantitative estimate of drug-likeness (QED) is 0.252. The molecule has 0 bridgehead atoms. The van der Waals surface area contributed by atoms with Crippen molar-refractivity contribution in [1.29, 1.82) is 0 Å². The standard InChI is InChI=1S/C15H17N5O/c1-21-14-8-2-11(3-9-14)10-18-13-6-4-12(5-7-13)15(16)19-20-17/h2-9,18H,10H2,1H3,(H3,16,17,19)/p+1. The van der Waals surface area contributed by atoms with E-state index in [-0.39, 0.29) is 0 Å². The molecule has 0 fully saturated rings. The van der Waals surface area contributed by atoms with Gasteiger partial charge in [-0.1, -0.05) is 12.1 Å². The Balaban J connectivity index is 1.95. The molecule has 0 unspecified atom stereocenters. The maximum absolute atomic E-state index is 5.69. The molecule has 2 rings (SSSR count). The predicted molar refractivity (Wildman–Crippen MR) is 81.8 cm³/mol. The van der Waals surface area contributed by atoms with Crippen LogP contribution in [0.1, 0.15) is 11.1 Å². The van der Waals surface area contributed by atoms with Gasteiger partial charge in [-0.15, -0.1) is 0 Å². The Labute approximate surface area is 123 Å². The number of nitrogens with zero attached hydrogens (tertiary/aromatic N) is 2. The van der Waals surface area contributed by atoms with Crippen molar-refractivity contribution in [3.63, 3.8) is 0 Å². The number of ether oxygens (including phenoxy) is 1. The zero-order chi connectivity index (χ0) is 15.1. The second-order valence-corrected chi connectivity index (χ2v) is 4.38. The number of anilines is 1. The van der Waals surface area contributed by atoms with E-state index in [1.54, 1.807) is 7.11 Å². The third-order valence-electron chi connectivity index (χ3n) is 3.00. The molecule has 2 aromatic rings. The first-order chi connectivity index (χ1) is 10.2. The summed E-state index contributed by atoms with van der Waals surface area (Å²) in [4.78, 5) is 0. The molecule has 0 heterocycles. The lowest BCUT2D eigenvalue weighted by Gasteiger charge is -2.07. The summed E-state index contributed by atoms with van der Waals surface area (Å²) in [7, 11) is 1.65. The van der Waals surface area contributed by atoms with Gasteiger partial charge in [0, 0.05) is 17.5 Å². The molecule has 0 atom stereocenters. The highest BCUT2D eigenvalue weighted by Crippen LogP contribution is 2.14. The molecular weight excluding hydrogens is 266 g/mol. The van der Waals surface area contributed by atoms with Gasteiger partial charge in [-0.3, -0.25) is 11.3 Å². The highest BCUT2D eigenvalue weighted by atomic mass is 16.5. The lowest BCUT2D eigenvalue weighted by Crippen LogP contribution is -2.38. The largest absolute Gasteiger partial charge is 0.497 e. The van der Waals surface area contributed by atoms with Crippen LogP contribution in [0.15, 0.2) is 58.9 Å². The molecule has 2 aromatic carbocycles. The molecule has 0 radical (unpaired) electrons. The summed E-state index contributed by atoms with van der Waals surface area (Å²) < 4.78 is 5.13. The van der Waals surface area contributed by atoms with Crippen LogP contribution in [0, 0.1) is 0 Å². The molecule has 5 N–H and O–H groups in total. The molecule has 6 heteroatoms. The predicted octanol–water partition coefficient (Wildman–Crippen LogP) is 1.14. The van der Waals surface area contributed by atoms with E-state index in [0.29, 0.717) is 5.84 Å². The molecule has 108 valence electrons. The Kier molecular flexibility index (Phi) is 4.87. The van der Waals surface area contributed by atoms with Gasteiger partial charge in [0.15, 0.2) is 0 Å². The maximum Gasteiger partial charge on any atom is 0.350 e. The fourth-order valence-corrected chi connectivity index (χ4v) is 1.83. The van der Waals surface area contributed by atoms with Crippen molar-refractivity contribution < 1.29 is 10.1 Å². The van der Waals surface area contributed by atoms with Gasteiger partial charge in [0.25, 0.3) is 0 Å². The van der Waals surface area contributed by atoms with Crippen LogP contribution in [0.5, 0.6) is 5.75 Å². The van der Waals surface area contributed by atoms with Gasteiger partial charge >= 0.3 is 5.84 Å². The molecular formula is C15H18N5O+. The number of hydrogen-bond acceptors (Lipinski definition) is 3. The van der Waals surface area contributed by atoms with Crippen LogP contribution in [0.2, 0.25) is 0 Å². The van der Waals surface area contributed by atoms with Crippen molar-refractivity contribution in [3.05, 3.63) is 59.7 Å². The Bertz CT molecular complexity index is 620. The SMILES string of the molecule is COc1ccc(CNc2ccc(C(=[NH2+])N=NN)cc2)cc1. The smallest absolute Gasteiger partial charge is 0.350 e. The van der Waals surface area contributed by atoms with Gasteiger partial charge in [-0.05, 0) is 42.0 Å². The number of methoxy groups -OCH3 is 1. The second-order valence-electron chi connectivity index (χ2n) is 4.38. The first kappa shape index (κ1) is 14.5. The van der Waals surface area contributed by atoms with E-state index >= 15 is 0 Å². The minimum atomic E-state index is 0.291. The average molecular weight is 284 g/mol. The summed E-state index contributed by atoms with van der Waals surface area (Å²) in [6, 6.07) is 15.5. The molecule has 6 nitrogen and oxygen atoms in total. The number of amidine groups is 1. The summed E-state index contributed by atoms with van der Waals surface area (Å²) in [5.74, 6) is 6.11. The maximum atomic E-state index is 5.69. The summed E-state index contributed by atoms with van der Waals surface area (Å²) in [6.45, 7) is 0.727. The van der Waals surface area contributed by atoms with Gasteiger partial charge in [0.05, 0.1) is 17.8 Å².